The highest BCUT2D eigenvalue weighted by Gasteiger charge is 2.53. The smallest absolute Gasteiger partial charge is 0.255 e. The summed E-state index contributed by atoms with van der Waals surface area (Å²) in [5.74, 6) is -2.00. The molecule has 4 N–H and O–H groups in total. The Kier molecular flexibility index (Phi) is 8.50. The van der Waals surface area contributed by atoms with Gasteiger partial charge in [-0.15, -0.1) is 5.10 Å². The molecule has 0 aliphatic carbocycles. The summed E-state index contributed by atoms with van der Waals surface area (Å²) < 4.78 is 26.4. The van der Waals surface area contributed by atoms with Crippen molar-refractivity contribution in [3.05, 3.63) is 36.3 Å². The number of halogens is 1. The number of carbonyl (C=O) groups excluding carboxylic acids is 3. The third kappa shape index (κ3) is 5.56. The number of ether oxygens (including phenoxy) is 2. The Bertz CT molecular complexity index is 1450. The molecule has 46 heavy (non-hydrogen) atoms. The first kappa shape index (κ1) is 31.1. The Hall–Kier alpha value is -3.54. The van der Waals surface area contributed by atoms with Crippen LogP contribution in [0.2, 0.25) is 0 Å². The molecule has 16 heteroatoms. The third-order valence-electron chi connectivity index (χ3n) is 10.0. The molecule has 5 fully saturated rings. The number of carbonyl (C=O) groups is 3. The van der Waals surface area contributed by atoms with Crippen molar-refractivity contribution in [1.82, 2.24) is 35.0 Å². The quantitative estimate of drug-likeness (QED) is 0.288. The molecule has 8 atom stereocenters. The topological polar surface area (TPSA) is 183 Å². The number of aromatic nitrogens is 3. The summed E-state index contributed by atoms with van der Waals surface area (Å²) in [6.07, 6.45) is -4.17. The maximum atomic E-state index is 14.5. The van der Waals surface area contributed by atoms with Crippen molar-refractivity contribution in [2.45, 2.75) is 73.9 Å². The zero-order chi connectivity index (χ0) is 32.1. The third-order valence-corrected chi connectivity index (χ3v) is 10.0. The lowest BCUT2D eigenvalue weighted by Crippen LogP contribution is -2.70. The summed E-state index contributed by atoms with van der Waals surface area (Å²) in [4.78, 5) is 47.5. The van der Waals surface area contributed by atoms with Gasteiger partial charge in [0.2, 0.25) is 11.8 Å². The molecule has 5 aliphatic heterocycles. The maximum absolute atomic E-state index is 14.5. The van der Waals surface area contributed by atoms with Crippen molar-refractivity contribution in [1.29, 1.82) is 0 Å². The van der Waals surface area contributed by atoms with Gasteiger partial charge < -0.3 is 39.9 Å². The molecular weight excluding hydrogens is 605 g/mol. The van der Waals surface area contributed by atoms with Crippen LogP contribution in [0, 0.1) is 5.82 Å². The zero-order valence-corrected chi connectivity index (χ0v) is 25.1. The molecule has 5 saturated heterocycles. The average Bonchev–Trinajstić information content (AvgIpc) is 3.74. The minimum absolute atomic E-state index is 0.156. The molecule has 15 nitrogen and oxygen atoms in total. The maximum Gasteiger partial charge on any atom is 0.255 e. The number of aliphatic hydroxyl groups excluding tert-OH is 3. The number of nitrogens with zero attached hydrogens (tertiary/aromatic N) is 6. The van der Waals surface area contributed by atoms with Gasteiger partial charge in [0.1, 0.15) is 48.0 Å². The van der Waals surface area contributed by atoms with Crippen molar-refractivity contribution in [3.8, 4) is 11.3 Å². The van der Waals surface area contributed by atoms with E-state index in [0.717, 1.165) is 12.8 Å². The van der Waals surface area contributed by atoms with E-state index in [9.17, 15) is 34.1 Å². The van der Waals surface area contributed by atoms with Crippen molar-refractivity contribution in [2.24, 2.45) is 0 Å². The van der Waals surface area contributed by atoms with Gasteiger partial charge in [-0.3, -0.25) is 19.3 Å². The normalized spacial score (nSPS) is 34.8. The van der Waals surface area contributed by atoms with E-state index in [1.807, 2.05) is 0 Å². The van der Waals surface area contributed by atoms with Crippen LogP contribution >= 0.6 is 0 Å². The number of rotatable bonds is 3. The minimum Gasteiger partial charge on any atom is -0.388 e. The van der Waals surface area contributed by atoms with Gasteiger partial charge in [0.05, 0.1) is 12.2 Å². The standard InChI is InChI=1S/C30H38FN7O8/c31-17-3-1-16(2-4-17)19-14-38(34-33-19)20-5-8-37-23(20)28(42)32-13-22-24(39)25(40)26(41)27(46-22)30(44)36-10-9-35(15-21(36)29(37)43)18-6-11-45-12-7-18/h1-4,14,18,20-27,39-41H,5-13,15H2,(H,32,42)/t20-,21+,22+,23+,24+,25-,26-,27+/m1/s1. The summed E-state index contributed by atoms with van der Waals surface area (Å²) in [6.45, 7) is 1.98. The van der Waals surface area contributed by atoms with E-state index < -0.39 is 72.2 Å². The highest BCUT2D eigenvalue weighted by Crippen LogP contribution is 2.33. The summed E-state index contributed by atoms with van der Waals surface area (Å²) in [5, 5.41) is 43.4. The average molecular weight is 644 g/mol. The predicted molar refractivity (Wildman–Crippen MR) is 155 cm³/mol. The molecule has 3 amide bonds. The van der Waals surface area contributed by atoms with Crippen molar-refractivity contribution >= 4 is 17.7 Å². The van der Waals surface area contributed by atoms with Gasteiger partial charge in [0.25, 0.3) is 5.91 Å². The fourth-order valence-electron chi connectivity index (χ4n) is 7.45. The number of benzene rings is 1. The summed E-state index contributed by atoms with van der Waals surface area (Å²) >= 11 is 0. The Morgan fingerprint density at radius 1 is 0.891 bits per heavy atom. The van der Waals surface area contributed by atoms with Crippen LogP contribution in [0.5, 0.6) is 0 Å². The van der Waals surface area contributed by atoms with Crippen molar-refractivity contribution < 1.29 is 43.6 Å². The van der Waals surface area contributed by atoms with Gasteiger partial charge in [-0.1, -0.05) is 5.21 Å². The highest BCUT2D eigenvalue weighted by atomic mass is 19.1. The van der Waals surface area contributed by atoms with Crippen LogP contribution in [0.25, 0.3) is 11.3 Å². The van der Waals surface area contributed by atoms with E-state index >= 15 is 0 Å². The summed E-state index contributed by atoms with van der Waals surface area (Å²) in [7, 11) is 0. The second-order valence-electron chi connectivity index (χ2n) is 12.6. The lowest BCUT2D eigenvalue weighted by atomic mass is 9.92. The first-order chi connectivity index (χ1) is 22.2. The van der Waals surface area contributed by atoms with Crippen LogP contribution in [0.3, 0.4) is 0 Å². The number of amides is 3. The van der Waals surface area contributed by atoms with Crippen LogP contribution < -0.4 is 5.32 Å². The van der Waals surface area contributed by atoms with Crippen molar-refractivity contribution in [3.63, 3.8) is 0 Å². The monoisotopic (exact) mass is 643 g/mol. The second-order valence-corrected chi connectivity index (χ2v) is 12.6. The molecule has 0 unspecified atom stereocenters. The molecular formula is C30H38FN7O8. The summed E-state index contributed by atoms with van der Waals surface area (Å²) in [6, 6.07) is 3.27. The predicted octanol–water partition coefficient (Wildman–Crippen LogP) is -2.10. The van der Waals surface area contributed by atoms with Gasteiger partial charge in [-0.2, -0.15) is 0 Å². The molecule has 2 aromatic rings. The molecule has 0 saturated carbocycles. The number of piperazine rings is 1. The number of fused-ring (bicyclic) bond motifs is 4. The first-order valence-electron chi connectivity index (χ1n) is 15.8. The van der Waals surface area contributed by atoms with Gasteiger partial charge >= 0.3 is 0 Å². The lowest BCUT2D eigenvalue weighted by Gasteiger charge is -2.48. The Labute approximate surface area is 263 Å². The molecule has 5 aliphatic rings. The molecule has 1 aromatic heterocycles. The minimum atomic E-state index is -1.73. The zero-order valence-electron chi connectivity index (χ0n) is 25.1. The number of nitrogens with one attached hydrogen (secondary N) is 1. The van der Waals surface area contributed by atoms with E-state index in [1.54, 1.807) is 18.3 Å². The van der Waals surface area contributed by atoms with Gasteiger partial charge in [-0.05, 0) is 43.5 Å². The fraction of sp³-hybridized carbons (Fsp3) is 0.633. The summed E-state index contributed by atoms with van der Waals surface area (Å²) in [5.41, 5.74) is 1.09. The Morgan fingerprint density at radius 3 is 2.41 bits per heavy atom. The van der Waals surface area contributed by atoms with Gasteiger partial charge in [-0.25, -0.2) is 9.07 Å². The fourth-order valence-corrected chi connectivity index (χ4v) is 7.45. The largest absolute Gasteiger partial charge is 0.388 e. The molecule has 248 valence electrons. The SMILES string of the molecule is O=C1NC[C@@H]2O[C@H](C(=O)N3CCN(C4CCOCC4)C[C@H]3C(=O)N3CC[C@@H](n4cc(-c5ccc(F)cc5)nn4)[C@@H]13)[C@H](O)[C@H](O)[C@H]2O. The molecule has 0 radical (unpaired) electrons. The van der Waals surface area contributed by atoms with E-state index in [1.165, 1.54) is 26.6 Å². The highest BCUT2D eigenvalue weighted by molar-refractivity contribution is 5.94. The molecule has 7 rings (SSSR count). The number of hydrogen-bond acceptors (Lipinski definition) is 11. The first-order valence-corrected chi connectivity index (χ1v) is 15.8. The van der Waals surface area contributed by atoms with Crippen LogP contribution in [-0.2, 0) is 23.9 Å². The Balaban J connectivity index is 1.23. The molecule has 1 aromatic carbocycles. The van der Waals surface area contributed by atoms with Gasteiger partial charge in [0.15, 0.2) is 6.10 Å². The Morgan fingerprint density at radius 2 is 1.65 bits per heavy atom. The molecule has 0 spiro atoms. The van der Waals surface area contributed by atoms with Crippen LogP contribution in [0.4, 0.5) is 4.39 Å². The van der Waals surface area contributed by atoms with E-state index in [-0.39, 0.29) is 32.2 Å². The van der Waals surface area contributed by atoms with Crippen LogP contribution in [0.15, 0.2) is 30.5 Å². The van der Waals surface area contributed by atoms with E-state index in [2.05, 4.69) is 20.5 Å². The van der Waals surface area contributed by atoms with E-state index in [0.29, 0.717) is 37.4 Å². The number of aliphatic hydroxyl groups is 3. The van der Waals surface area contributed by atoms with Crippen molar-refractivity contribution in [2.75, 3.05) is 45.9 Å². The van der Waals surface area contributed by atoms with E-state index in [4.69, 9.17) is 9.47 Å². The molecule has 2 bridgehead atoms. The second kappa shape index (κ2) is 12.6. The number of hydrogen-bond donors (Lipinski definition) is 4. The van der Waals surface area contributed by atoms with Crippen LogP contribution in [0.1, 0.15) is 25.3 Å². The van der Waals surface area contributed by atoms with Gasteiger partial charge in [0, 0.05) is 57.5 Å². The lowest BCUT2D eigenvalue weighted by molar-refractivity contribution is -0.225. The van der Waals surface area contributed by atoms with Crippen LogP contribution in [-0.4, -0.2) is 157 Å². The molecule has 6 heterocycles.